The van der Waals surface area contributed by atoms with E-state index in [0.717, 1.165) is 38.4 Å². The highest BCUT2D eigenvalue weighted by Gasteiger charge is 2.23. The first-order valence-electron chi connectivity index (χ1n) is 9.35. The Kier molecular flexibility index (Phi) is 6.67. The van der Waals surface area contributed by atoms with Gasteiger partial charge >= 0.3 is 6.03 Å². The third kappa shape index (κ3) is 4.50. The van der Waals surface area contributed by atoms with E-state index < -0.39 is 0 Å². The van der Waals surface area contributed by atoms with Crippen molar-refractivity contribution in [2.24, 2.45) is 0 Å². The number of hydrogen-bond acceptors (Lipinski definition) is 2. The third-order valence-corrected chi connectivity index (χ3v) is 4.80. The summed E-state index contributed by atoms with van der Waals surface area (Å²) < 4.78 is 0. The molecule has 0 spiro atoms. The minimum Gasteiger partial charge on any atom is -0.322 e. The molecule has 2 amide bonds. The molecule has 0 radical (unpaired) electrons. The first-order valence-corrected chi connectivity index (χ1v) is 9.35. The molecule has 1 aromatic carbocycles. The maximum atomic E-state index is 12.8. The van der Waals surface area contributed by atoms with E-state index in [2.05, 4.69) is 63.0 Å². The molecule has 1 aliphatic heterocycles. The van der Waals surface area contributed by atoms with Crippen molar-refractivity contribution in [2.45, 2.75) is 52.9 Å². The van der Waals surface area contributed by atoms with Crippen LogP contribution in [-0.2, 0) is 0 Å². The molecule has 1 N–H and O–H groups in total. The lowest BCUT2D eigenvalue weighted by atomic mass is 9.93. The van der Waals surface area contributed by atoms with Crippen LogP contribution in [0.25, 0.3) is 0 Å². The molecule has 0 aliphatic carbocycles. The van der Waals surface area contributed by atoms with Gasteiger partial charge in [0.05, 0.1) is 0 Å². The summed E-state index contributed by atoms with van der Waals surface area (Å²) in [4.78, 5) is 17.2. The summed E-state index contributed by atoms with van der Waals surface area (Å²) in [6, 6.07) is 6.40. The number of benzene rings is 1. The van der Waals surface area contributed by atoms with Gasteiger partial charge < -0.3 is 10.2 Å². The largest absolute Gasteiger partial charge is 0.322 e. The van der Waals surface area contributed by atoms with Crippen molar-refractivity contribution in [3.8, 4) is 0 Å². The summed E-state index contributed by atoms with van der Waals surface area (Å²) in [5, 5.41) is 3.23. The fraction of sp³-hybridized carbons (Fsp3) is 0.650. The Hall–Kier alpha value is -1.55. The SMILES string of the molecule is CCCN1CCN(C(=O)Nc2c(C(C)C)cccc2C(C)C)CC1. The van der Waals surface area contributed by atoms with E-state index in [1.807, 2.05) is 4.90 Å². The van der Waals surface area contributed by atoms with Crippen molar-refractivity contribution in [3.63, 3.8) is 0 Å². The zero-order valence-corrected chi connectivity index (χ0v) is 15.9. The van der Waals surface area contributed by atoms with E-state index >= 15 is 0 Å². The van der Waals surface area contributed by atoms with Crippen LogP contribution in [0, 0.1) is 0 Å². The molecule has 0 aromatic heterocycles. The van der Waals surface area contributed by atoms with Crippen LogP contribution in [-0.4, -0.2) is 48.6 Å². The fourth-order valence-electron chi connectivity index (χ4n) is 3.37. The Labute approximate surface area is 147 Å². The molecular formula is C20H33N3O. The number of rotatable bonds is 5. The maximum absolute atomic E-state index is 12.8. The minimum atomic E-state index is 0.0427. The molecule has 1 saturated heterocycles. The number of carbonyl (C=O) groups is 1. The summed E-state index contributed by atoms with van der Waals surface area (Å²) >= 11 is 0. The predicted molar refractivity (Wildman–Crippen MR) is 102 cm³/mol. The van der Waals surface area contributed by atoms with E-state index in [1.165, 1.54) is 17.5 Å². The molecule has 4 nitrogen and oxygen atoms in total. The second kappa shape index (κ2) is 8.52. The van der Waals surface area contributed by atoms with Crippen molar-refractivity contribution < 1.29 is 4.79 Å². The van der Waals surface area contributed by atoms with Gasteiger partial charge in [0, 0.05) is 31.9 Å². The van der Waals surface area contributed by atoms with Crippen molar-refractivity contribution in [2.75, 3.05) is 38.0 Å². The summed E-state index contributed by atoms with van der Waals surface area (Å²) in [6.45, 7) is 15.6. The molecule has 2 rings (SSSR count). The lowest BCUT2D eigenvalue weighted by Gasteiger charge is -2.35. The standard InChI is InChI=1S/C20H33N3O/c1-6-10-22-11-13-23(14-12-22)20(24)21-19-17(15(2)3)8-7-9-18(19)16(4)5/h7-9,15-16H,6,10-14H2,1-5H3,(H,21,24). The van der Waals surface area contributed by atoms with Crippen LogP contribution in [0.2, 0.25) is 0 Å². The van der Waals surface area contributed by atoms with E-state index in [9.17, 15) is 4.79 Å². The molecule has 4 heteroatoms. The van der Waals surface area contributed by atoms with Crippen LogP contribution in [0.5, 0.6) is 0 Å². The minimum absolute atomic E-state index is 0.0427. The average molecular weight is 332 g/mol. The molecule has 0 bridgehead atoms. The van der Waals surface area contributed by atoms with Gasteiger partial charge in [0.25, 0.3) is 0 Å². The maximum Gasteiger partial charge on any atom is 0.321 e. The fourth-order valence-corrected chi connectivity index (χ4v) is 3.37. The molecule has 134 valence electrons. The van der Waals surface area contributed by atoms with Crippen LogP contribution in [0.1, 0.15) is 64.0 Å². The lowest BCUT2D eigenvalue weighted by molar-refractivity contribution is 0.147. The van der Waals surface area contributed by atoms with Gasteiger partial charge in [0.2, 0.25) is 0 Å². The molecule has 1 fully saturated rings. The number of anilines is 1. The highest BCUT2D eigenvalue weighted by molar-refractivity contribution is 5.91. The Bertz CT molecular complexity index is 520. The summed E-state index contributed by atoms with van der Waals surface area (Å²) in [5.41, 5.74) is 3.46. The van der Waals surface area contributed by atoms with Gasteiger partial charge in [-0.25, -0.2) is 4.79 Å². The van der Waals surface area contributed by atoms with Crippen LogP contribution >= 0.6 is 0 Å². The molecule has 0 atom stereocenters. The van der Waals surface area contributed by atoms with E-state index in [1.54, 1.807) is 0 Å². The highest BCUT2D eigenvalue weighted by atomic mass is 16.2. The Morgan fingerprint density at radius 2 is 1.58 bits per heavy atom. The molecule has 24 heavy (non-hydrogen) atoms. The van der Waals surface area contributed by atoms with E-state index in [-0.39, 0.29) is 6.03 Å². The van der Waals surface area contributed by atoms with Crippen LogP contribution < -0.4 is 5.32 Å². The Morgan fingerprint density at radius 1 is 1.04 bits per heavy atom. The zero-order valence-electron chi connectivity index (χ0n) is 15.9. The van der Waals surface area contributed by atoms with Crippen molar-refractivity contribution in [3.05, 3.63) is 29.3 Å². The normalized spacial score (nSPS) is 16.0. The topological polar surface area (TPSA) is 35.6 Å². The number of amides is 2. The first-order chi connectivity index (χ1) is 11.4. The number of para-hydroxylation sites is 1. The van der Waals surface area contributed by atoms with Crippen LogP contribution in [0.15, 0.2) is 18.2 Å². The van der Waals surface area contributed by atoms with Gasteiger partial charge in [-0.15, -0.1) is 0 Å². The molecule has 1 aromatic rings. The molecule has 1 aliphatic rings. The van der Waals surface area contributed by atoms with Gasteiger partial charge in [0.1, 0.15) is 0 Å². The average Bonchev–Trinajstić information content (AvgIpc) is 2.55. The van der Waals surface area contributed by atoms with Crippen LogP contribution in [0.4, 0.5) is 10.5 Å². The summed E-state index contributed by atoms with van der Waals surface area (Å²) in [6.07, 6.45) is 1.17. The van der Waals surface area contributed by atoms with Gasteiger partial charge in [-0.1, -0.05) is 52.8 Å². The highest BCUT2D eigenvalue weighted by Crippen LogP contribution is 2.32. The number of hydrogen-bond donors (Lipinski definition) is 1. The Balaban J connectivity index is 2.11. The quantitative estimate of drug-likeness (QED) is 0.862. The van der Waals surface area contributed by atoms with E-state index in [4.69, 9.17) is 0 Å². The predicted octanol–water partition coefficient (Wildman–Crippen LogP) is 4.49. The molecule has 0 unspecified atom stereocenters. The van der Waals surface area contributed by atoms with Gasteiger partial charge in [-0.3, -0.25) is 4.90 Å². The van der Waals surface area contributed by atoms with Crippen molar-refractivity contribution in [1.29, 1.82) is 0 Å². The number of nitrogens with zero attached hydrogens (tertiary/aromatic N) is 2. The molecule has 1 heterocycles. The Morgan fingerprint density at radius 3 is 2.04 bits per heavy atom. The van der Waals surface area contributed by atoms with Crippen LogP contribution in [0.3, 0.4) is 0 Å². The number of urea groups is 1. The second-order valence-corrected chi connectivity index (χ2v) is 7.38. The van der Waals surface area contributed by atoms with Crippen molar-refractivity contribution >= 4 is 11.7 Å². The second-order valence-electron chi connectivity index (χ2n) is 7.38. The van der Waals surface area contributed by atoms with Gasteiger partial charge in [-0.05, 0) is 35.9 Å². The third-order valence-electron chi connectivity index (χ3n) is 4.80. The van der Waals surface area contributed by atoms with E-state index in [0.29, 0.717) is 11.8 Å². The molecular weight excluding hydrogens is 298 g/mol. The van der Waals surface area contributed by atoms with Gasteiger partial charge in [0.15, 0.2) is 0 Å². The number of nitrogens with one attached hydrogen (secondary N) is 1. The lowest BCUT2D eigenvalue weighted by Crippen LogP contribution is -2.50. The monoisotopic (exact) mass is 331 g/mol. The zero-order chi connectivity index (χ0) is 17.7. The smallest absolute Gasteiger partial charge is 0.321 e. The van der Waals surface area contributed by atoms with Crippen molar-refractivity contribution in [1.82, 2.24) is 9.80 Å². The number of carbonyl (C=O) groups excluding carboxylic acids is 1. The summed E-state index contributed by atoms with van der Waals surface area (Å²) in [7, 11) is 0. The summed E-state index contributed by atoms with van der Waals surface area (Å²) in [5.74, 6) is 0.779. The number of piperazine rings is 1. The van der Waals surface area contributed by atoms with Gasteiger partial charge in [-0.2, -0.15) is 0 Å². The first kappa shape index (κ1) is 18.8. The molecule has 0 saturated carbocycles.